The topological polar surface area (TPSA) is 42.8 Å². The Morgan fingerprint density at radius 3 is 2.68 bits per heavy atom. The second-order valence-corrected chi connectivity index (χ2v) is 5.17. The third-order valence-corrected chi connectivity index (χ3v) is 3.73. The number of quaternary nitrogens is 1. The van der Waals surface area contributed by atoms with Gasteiger partial charge in [-0.2, -0.15) is 0 Å². The Morgan fingerprint density at radius 1 is 1.26 bits per heavy atom. The molecule has 0 atom stereocenters. The number of hydrogen-bond acceptors (Lipinski definition) is 2. The molecule has 19 heavy (non-hydrogen) atoms. The fraction of sp³-hybridized carbons (Fsp3) is 0.533. The number of morpholine rings is 1. The van der Waals surface area contributed by atoms with Gasteiger partial charge in [0.05, 0.1) is 26.3 Å². The van der Waals surface area contributed by atoms with Gasteiger partial charge in [-0.05, 0) is 37.1 Å². The predicted molar refractivity (Wildman–Crippen MR) is 74.6 cm³/mol. The summed E-state index contributed by atoms with van der Waals surface area (Å²) in [5, 5.41) is 2.99. The number of ether oxygens (including phenoxy) is 1. The van der Waals surface area contributed by atoms with Gasteiger partial charge in [-0.15, -0.1) is 0 Å². The average molecular weight is 263 g/mol. The van der Waals surface area contributed by atoms with Crippen LogP contribution in [-0.2, 0) is 4.74 Å². The van der Waals surface area contributed by atoms with Crippen molar-refractivity contribution in [3.05, 3.63) is 34.9 Å². The van der Waals surface area contributed by atoms with Crippen LogP contribution in [-0.4, -0.2) is 45.3 Å². The van der Waals surface area contributed by atoms with E-state index in [4.69, 9.17) is 4.74 Å². The molecule has 1 fully saturated rings. The number of amides is 1. The first-order valence-corrected chi connectivity index (χ1v) is 6.93. The van der Waals surface area contributed by atoms with Gasteiger partial charge in [0.15, 0.2) is 0 Å². The Balaban J connectivity index is 1.78. The first-order valence-electron chi connectivity index (χ1n) is 6.93. The van der Waals surface area contributed by atoms with Crippen molar-refractivity contribution in [3.63, 3.8) is 0 Å². The van der Waals surface area contributed by atoms with Crippen molar-refractivity contribution in [1.82, 2.24) is 5.32 Å². The van der Waals surface area contributed by atoms with E-state index in [2.05, 4.69) is 12.2 Å². The van der Waals surface area contributed by atoms with Crippen LogP contribution in [0.3, 0.4) is 0 Å². The number of nitrogens with one attached hydrogen (secondary N) is 2. The number of carbonyl (C=O) groups excluding carboxylic acids is 1. The highest BCUT2D eigenvalue weighted by atomic mass is 16.5. The van der Waals surface area contributed by atoms with Crippen molar-refractivity contribution >= 4 is 5.91 Å². The summed E-state index contributed by atoms with van der Waals surface area (Å²) < 4.78 is 5.31. The van der Waals surface area contributed by atoms with Crippen LogP contribution in [0.15, 0.2) is 18.2 Å². The zero-order valence-electron chi connectivity index (χ0n) is 11.8. The summed E-state index contributed by atoms with van der Waals surface area (Å²) in [6.07, 6.45) is 0. The number of carbonyl (C=O) groups is 1. The van der Waals surface area contributed by atoms with Crippen LogP contribution >= 0.6 is 0 Å². The van der Waals surface area contributed by atoms with Gasteiger partial charge >= 0.3 is 0 Å². The summed E-state index contributed by atoms with van der Waals surface area (Å²) in [4.78, 5) is 13.5. The Kier molecular flexibility index (Phi) is 4.93. The number of aryl methyl sites for hydroxylation is 2. The molecule has 0 spiro atoms. The number of benzene rings is 1. The highest BCUT2D eigenvalue weighted by molar-refractivity contribution is 5.94. The van der Waals surface area contributed by atoms with E-state index in [1.165, 1.54) is 10.5 Å². The maximum Gasteiger partial charge on any atom is 0.251 e. The van der Waals surface area contributed by atoms with Gasteiger partial charge in [0, 0.05) is 5.56 Å². The SMILES string of the molecule is Cc1ccc(C(=O)NCC[NH+]2CCOCC2)cc1C. The van der Waals surface area contributed by atoms with E-state index in [0.717, 1.165) is 50.5 Å². The smallest absolute Gasteiger partial charge is 0.251 e. The minimum atomic E-state index is 0.0239. The highest BCUT2D eigenvalue weighted by Gasteiger charge is 2.13. The Morgan fingerprint density at radius 2 is 2.00 bits per heavy atom. The molecule has 1 heterocycles. The summed E-state index contributed by atoms with van der Waals surface area (Å²) in [6, 6.07) is 5.84. The van der Waals surface area contributed by atoms with Crippen LogP contribution in [0.4, 0.5) is 0 Å². The van der Waals surface area contributed by atoms with Crippen LogP contribution in [0.25, 0.3) is 0 Å². The molecule has 0 unspecified atom stereocenters. The quantitative estimate of drug-likeness (QED) is 0.800. The molecule has 0 radical (unpaired) electrons. The molecule has 0 saturated carbocycles. The highest BCUT2D eigenvalue weighted by Crippen LogP contribution is 2.09. The summed E-state index contributed by atoms with van der Waals surface area (Å²) in [5.74, 6) is 0.0239. The number of hydrogen-bond donors (Lipinski definition) is 2. The summed E-state index contributed by atoms with van der Waals surface area (Å²) in [6.45, 7) is 9.53. The zero-order chi connectivity index (χ0) is 13.7. The van der Waals surface area contributed by atoms with Crippen molar-refractivity contribution in [1.29, 1.82) is 0 Å². The van der Waals surface area contributed by atoms with Crippen LogP contribution < -0.4 is 10.2 Å². The van der Waals surface area contributed by atoms with Gasteiger partial charge < -0.3 is 15.0 Å². The largest absolute Gasteiger partial charge is 0.370 e. The molecule has 1 aromatic rings. The molecule has 104 valence electrons. The molecule has 0 bridgehead atoms. The number of rotatable bonds is 4. The first kappa shape index (κ1) is 14.0. The van der Waals surface area contributed by atoms with E-state index >= 15 is 0 Å². The molecule has 2 rings (SSSR count). The van der Waals surface area contributed by atoms with E-state index < -0.39 is 0 Å². The van der Waals surface area contributed by atoms with E-state index in [1.807, 2.05) is 25.1 Å². The van der Waals surface area contributed by atoms with Gasteiger partial charge in [0.2, 0.25) is 0 Å². The molecule has 4 heteroatoms. The maximum atomic E-state index is 12.0. The lowest BCUT2D eigenvalue weighted by Crippen LogP contribution is -3.14. The molecular weight excluding hydrogens is 240 g/mol. The van der Waals surface area contributed by atoms with Gasteiger partial charge in [-0.25, -0.2) is 0 Å². The van der Waals surface area contributed by atoms with Crippen molar-refractivity contribution in [2.45, 2.75) is 13.8 Å². The third-order valence-electron chi connectivity index (χ3n) is 3.73. The van der Waals surface area contributed by atoms with Crippen LogP contribution in [0, 0.1) is 13.8 Å². The average Bonchev–Trinajstić information content (AvgIpc) is 2.43. The van der Waals surface area contributed by atoms with E-state index in [1.54, 1.807) is 0 Å². The van der Waals surface area contributed by atoms with Gasteiger partial charge in [0.25, 0.3) is 5.91 Å². The van der Waals surface area contributed by atoms with Gasteiger partial charge in [0.1, 0.15) is 13.1 Å². The maximum absolute atomic E-state index is 12.0. The van der Waals surface area contributed by atoms with Gasteiger partial charge in [-0.3, -0.25) is 4.79 Å². The minimum absolute atomic E-state index is 0.0239. The molecule has 1 aromatic carbocycles. The van der Waals surface area contributed by atoms with E-state index in [9.17, 15) is 4.79 Å². The summed E-state index contributed by atoms with van der Waals surface area (Å²) in [5.41, 5.74) is 3.13. The monoisotopic (exact) mass is 263 g/mol. The molecule has 1 aliphatic heterocycles. The molecule has 1 amide bonds. The second kappa shape index (κ2) is 6.68. The third kappa shape index (κ3) is 4.04. The zero-order valence-corrected chi connectivity index (χ0v) is 11.8. The Bertz CT molecular complexity index is 440. The second-order valence-electron chi connectivity index (χ2n) is 5.17. The normalized spacial score (nSPS) is 16.3. The summed E-state index contributed by atoms with van der Waals surface area (Å²) >= 11 is 0. The molecule has 1 saturated heterocycles. The van der Waals surface area contributed by atoms with Crippen molar-refractivity contribution in [3.8, 4) is 0 Å². The lowest BCUT2D eigenvalue weighted by Gasteiger charge is -2.23. The van der Waals surface area contributed by atoms with E-state index in [-0.39, 0.29) is 5.91 Å². The van der Waals surface area contributed by atoms with Crippen LogP contribution in [0.1, 0.15) is 21.5 Å². The molecule has 0 aromatic heterocycles. The lowest BCUT2D eigenvalue weighted by molar-refractivity contribution is -0.906. The molecule has 0 aliphatic carbocycles. The van der Waals surface area contributed by atoms with Crippen molar-refractivity contribution in [2.24, 2.45) is 0 Å². The predicted octanol–water partition coefficient (Wildman–Crippen LogP) is -0.0517. The first-order chi connectivity index (χ1) is 9.16. The fourth-order valence-electron chi connectivity index (χ4n) is 2.25. The van der Waals surface area contributed by atoms with Crippen molar-refractivity contribution in [2.75, 3.05) is 39.4 Å². The Hall–Kier alpha value is -1.39. The van der Waals surface area contributed by atoms with E-state index in [0.29, 0.717) is 0 Å². The molecule has 1 aliphatic rings. The summed E-state index contributed by atoms with van der Waals surface area (Å²) in [7, 11) is 0. The van der Waals surface area contributed by atoms with Crippen LogP contribution in [0.2, 0.25) is 0 Å². The van der Waals surface area contributed by atoms with Crippen molar-refractivity contribution < 1.29 is 14.4 Å². The molecule has 4 nitrogen and oxygen atoms in total. The van der Waals surface area contributed by atoms with Crippen LogP contribution in [0.5, 0.6) is 0 Å². The fourth-order valence-corrected chi connectivity index (χ4v) is 2.25. The lowest BCUT2D eigenvalue weighted by atomic mass is 10.1. The standard InChI is InChI=1S/C15H22N2O2/c1-12-3-4-14(11-13(12)2)15(18)16-5-6-17-7-9-19-10-8-17/h3-4,11H,5-10H2,1-2H3,(H,16,18)/p+1. The Labute approximate surface area is 114 Å². The minimum Gasteiger partial charge on any atom is -0.370 e. The molecular formula is C15H23N2O2+. The molecule has 2 N–H and O–H groups in total. The van der Waals surface area contributed by atoms with Gasteiger partial charge in [-0.1, -0.05) is 6.07 Å².